The van der Waals surface area contributed by atoms with Crippen LogP contribution < -0.4 is 5.73 Å². The van der Waals surface area contributed by atoms with Gasteiger partial charge in [-0.05, 0) is 12.1 Å². The van der Waals surface area contributed by atoms with E-state index in [2.05, 4.69) is 9.98 Å². The molecule has 0 aliphatic rings. The van der Waals surface area contributed by atoms with Crippen LogP contribution >= 0.6 is 0 Å². The number of aromatic nitrogens is 1. The highest BCUT2D eigenvalue weighted by Crippen LogP contribution is 2.05. The first-order valence-electron chi connectivity index (χ1n) is 3.08. The lowest BCUT2D eigenvalue weighted by molar-refractivity contribution is 0.583. The van der Waals surface area contributed by atoms with Crippen molar-refractivity contribution in [3.05, 3.63) is 23.8 Å². The van der Waals surface area contributed by atoms with Crippen LogP contribution in [0.5, 0.6) is 0 Å². The zero-order chi connectivity index (χ0) is 8.27. The monoisotopic (exact) mass is 153 g/mol. The smallest absolute Gasteiger partial charge is 0.213 e. The summed E-state index contributed by atoms with van der Waals surface area (Å²) in [6.07, 6.45) is 1.42. The van der Waals surface area contributed by atoms with Crippen molar-refractivity contribution < 1.29 is 4.39 Å². The van der Waals surface area contributed by atoms with E-state index in [1.54, 1.807) is 7.05 Å². The molecule has 0 saturated heterocycles. The van der Waals surface area contributed by atoms with Gasteiger partial charge in [0.05, 0.1) is 5.69 Å². The molecule has 0 spiro atoms. The molecule has 0 unspecified atom stereocenters. The summed E-state index contributed by atoms with van der Waals surface area (Å²) in [6.45, 7) is 0. The van der Waals surface area contributed by atoms with E-state index in [0.717, 1.165) is 0 Å². The third kappa shape index (κ3) is 1.73. The fourth-order valence-corrected chi connectivity index (χ4v) is 0.686. The van der Waals surface area contributed by atoms with Crippen LogP contribution in [0.2, 0.25) is 0 Å². The topological polar surface area (TPSA) is 51.3 Å². The highest BCUT2D eigenvalue weighted by Gasteiger charge is 1.98. The zero-order valence-electron chi connectivity index (χ0n) is 6.08. The highest BCUT2D eigenvalue weighted by atomic mass is 19.1. The number of halogens is 1. The Bertz CT molecular complexity index is 283. The van der Waals surface area contributed by atoms with E-state index >= 15 is 0 Å². The lowest BCUT2D eigenvalue weighted by atomic mass is 10.3. The fourth-order valence-electron chi connectivity index (χ4n) is 0.686. The first-order valence-corrected chi connectivity index (χ1v) is 3.08. The lowest BCUT2D eigenvalue weighted by Crippen LogP contribution is -1.98. The number of anilines is 1. The number of nitrogens with two attached hydrogens (primary N) is 1. The lowest BCUT2D eigenvalue weighted by Gasteiger charge is -1.96. The second kappa shape index (κ2) is 3.09. The summed E-state index contributed by atoms with van der Waals surface area (Å²) < 4.78 is 12.4. The van der Waals surface area contributed by atoms with Crippen molar-refractivity contribution in [1.82, 2.24) is 4.98 Å². The molecule has 0 atom stereocenters. The van der Waals surface area contributed by atoms with Crippen LogP contribution in [-0.4, -0.2) is 18.2 Å². The van der Waals surface area contributed by atoms with Crippen LogP contribution in [0.1, 0.15) is 5.69 Å². The summed E-state index contributed by atoms with van der Waals surface area (Å²) in [7, 11) is 1.58. The van der Waals surface area contributed by atoms with Gasteiger partial charge in [0, 0.05) is 13.3 Å². The Morgan fingerprint density at radius 3 is 3.00 bits per heavy atom. The van der Waals surface area contributed by atoms with Gasteiger partial charge in [0.15, 0.2) is 0 Å². The Hall–Kier alpha value is -1.45. The minimum atomic E-state index is -0.547. The third-order valence-electron chi connectivity index (χ3n) is 1.17. The van der Waals surface area contributed by atoms with Crippen LogP contribution in [-0.2, 0) is 0 Å². The molecular formula is C7H8FN3. The van der Waals surface area contributed by atoms with Crippen molar-refractivity contribution in [3.8, 4) is 0 Å². The van der Waals surface area contributed by atoms with Crippen molar-refractivity contribution in [2.24, 2.45) is 4.99 Å². The van der Waals surface area contributed by atoms with Crippen molar-refractivity contribution >= 4 is 11.9 Å². The molecule has 4 heteroatoms. The standard InChI is InChI=1S/C7H8FN3/c1-10-4-6-5(9)2-3-7(8)11-6/h2-4H,9H2,1H3. The molecule has 1 aromatic rings. The number of nitrogen functional groups attached to an aromatic ring is 1. The predicted octanol–water partition coefficient (Wildman–Crippen LogP) is 0.852. The molecule has 1 heterocycles. The summed E-state index contributed by atoms with van der Waals surface area (Å²) in [5, 5.41) is 0. The normalized spacial score (nSPS) is 10.7. The number of hydrogen-bond acceptors (Lipinski definition) is 3. The molecule has 0 radical (unpaired) electrons. The van der Waals surface area contributed by atoms with Crippen molar-refractivity contribution in [2.45, 2.75) is 0 Å². The van der Waals surface area contributed by atoms with E-state index in [4.69, 9.17) is 5.73 Å². The van der Waals surface area contributed by atoms with Gasteiger partial charge in [-0.2, -0.15) is 4.39 Å². The molecule has 0 aliphatic heterocycles. The van der Waals surface area contributed by atoms with E-state index in [9.17, 15) is 4.39 Å². The van der Waals surface area contributed by atoms with Gasteiger partial charge < -0.3 is 5.73 Å². The van der Waals surface area contributed by atoms with Gasteiger partial charge in [0.1, 0.15) is 5.69 Å². The Morgan fingerprint density at radius 2 is 2.36 bits per heavy atom. The summed E-state index contributed by atoms with van der Waals surface area (Å²) in [6, 6.07) is 2.67. The van der Waals surface area contributed by atoms with Gasteiger partial charge in [-0.1, -0.05) is 0 Å². The Labute approximate surface area is 63.8 Å². The fraction of sp³-hybridized carbons (Fsp3) is 0.143. The van der Waals surface area contributed by atoms with Crippen LogP contribution in [0, 0.1) is 5.95 Å². The molecule has 3 nitrogen and oxygen atoms in total. The van der Waals surface area contributed by atoms with Gasteiger partial charge in [-0.15, -0.1) is 0 Å². The minimum absolute atomic E-state index is 0.368. The van der Waals surface area contributed by atoms with Gasteiger partial charge in [-0.25, -0.2) is 4.98 Å². The van der Waals surface area contributed by atoms with Gasteiger partial charge >= 0.3 is 0 Å². The van der Waals surface area contributed by atoms with Crippen LogP contribution in [0.25, 0.3) is 0 Å². The van der Waals surface area contributed by atoms with Gasteiger partial charge in [0.2, 0.25) is 5.95 Å². The van der Waals surface area contributed by atoms with Crippen LogP contribution in [0.4, 0.5) is 10.1 Å². The van der Waals surface area contributed by atoms with Crippen molar-refractivity contribution in [2.75, 3.05) is 12.8 Å². The van der Waals surface area contributed by atoms with E-state index in [1.165, 1.54) is 18.3 Å². The van der Waals surface area contributed by atoms with E-state index < -0.39 is 5.95 Å². The molecule has 0 saturated carbocycles. The molecule has 58 valence electrons. The molecule has 0 bridgehead atoms. The second-order valence-corrected chi connectivity index (χ2v) is 2.00. The molecule has 2 N–H and O–H groups in total. The third-order valence-corrected chi connectivity index (χ3v) is 1.17. The molecule has 1 rings (SSSR count). The quantitative estimate of drug-likeness (QED) is 0.480. The Balaban J connectivity index is 3.12. The summed E-state index contributed by atoms with van der Waals surface area (Å²) in [5.41, 5.74) is 6.25. The summed E-state index contributed by atoms with van der Waals surface area (Å²) in [4.78, 5) is 7.20. The molecule has 0 aromatic carbocycles. The first kappa shape index (κ1) is 7.65. The number of rotatable bonds is 1. The van der Waals surface area contributed by atoms with Crippen molar-refractivity contribution in [1.29, 1.82) is 0 Å². The second-order valence-electron chi connectivity index (χ2n) is 2.00. The maximum Gasteiger partial charge on any atom is 0.213 e. The molecular weight excluding hydrogens is 145 g/mol. The number of pyridine rings is 1. The SMILES string of the molecule is CN=Cc1nc(F)ccc1N. The number of hydrogen-bond donors (Lipinski definition) is 1. The van der Waals surface area contributed by atoms with Gasteiger partial charge in [-0.3, -0.25) is 4.99 Å². The average molecular weight is 153 g/mol. The van der Waals surface area contributed by atoms with E-state index in [1.807, 2.05) is 0 Å². The maximum atomic E-state index is 12.4. The largest absolute Gasteiger partial charge is 0.397 e. The maximum absolute atomic E-state index is 12.4. The molecule has 0 fully saturated rings. The molecule has 11 heavy (non-hydrogen) atoms. The molecule has 0 aliphatic carbocycles. The predicted molar refractivity (Wildman–Crippen MR) is 42.1 cm³/mol. The Kier molecular flexibility index (Phi) is 2.15. The summed E-state index contributed by atoms with van der Waals surface area (Å²) in [5.74, 6) is -0.547. The summed E-state index contributed by atoms with van der Waals surface area (Å²) >= 11 is 0. The molecule has 0 amide bonds. The minimum Gasteiger partial charge on any atom is -0.397 e. The van der Waals surface area contributed by atoms with Crippen molar-refractivity contribution in [3.63, 3.8) is 0 Å². The molecule has 1 aromatic heterocycles. The van der Waals surface area contributed by atoms with E-state index in [-0.39, 0.29) is 0 Å². The van der Waals surface area contributed by atoms with Gasteiger partial charge in [0.25, 0.3) is 0 Å². The zero-order valence-corrected chi connectivity index (χ0v) is 6.08. The van der Waals surface area contributed by atoms with Crippen LogP contribution in [0.3, 0.4) is 0 Å². The van der Waals surface area contributed by atoms with E-state index in [0.29, 0.717) is 11.4 Å². The number of aliphatic imine (C=N–C) groups is 1. The van der Waals surface area contributed by atoms with Crippen LogP contribution in [0.15, 0.2) is 17.1 Å². The highest BCUT2D eigenvalue weighted by molar-refractivity contribution is 5.83. The number of nitrogens with zero attached hydrogens (tertiary/aromatic N) is 2. The Morgan fingerprint density at radius 1 is 1.64 bits per heavy atom. The first-order chi connectivity index (χ1) is 5.24. The average Bonchev–Trinajstić information content (AvgIpc) is 1.98.